The smallest absolute Gasteiger partial charge is 0.231 e. The topological polar surface area (TPSA) is 72.8 Å². The number of ether oxygens (including phenoxy) is 2. The number of ketones is 1. The minimum absolute atomic E-state index is 0.0128. The second kappa shape index (κ2) is 6.94. The van der Waals surface area contributed by atoms with Gasteiger partial charge in [0.05, 0.1) is 16.6 Å². The number of rotatable bonds is 4. The summed E-state index contributed by atoms with van der Waals surface area (Å²) in [4.78, 5) is 12.7. The first-order chi connectivity index (χ1) is 12.9. The fraction of sp³-hybridized carbons (Fsp3) is 0.286. The zero-order valence-electron chi connectivity index (χ0n) is 14.9. The van der Waals surface area contributed by atoms with Crippen molar-refractivity contribution >= 4 is 16.6 Å². The lowest BCUT2D eigenvalue weighted by molar-refractivity contribution is -0.117. The molecule has 2 aliphatic rings. The summed E-state index contributed by atoms with van der Waals surface area (Å²) in [6.07, 6.45) is 3.02. The lowest BCUT2D eigenvalue weighted by atomic mass is 9.76. The monoisotopic (exact) mass is 384 g/mol. The van der Waals surface area contributed by atoms with Gasteiger partial charge in [-0.3, -0.25) is 9.00 Å². The van der Waals surface area contributed by atoms with Crippen molar-refractivity contribution in [1.29, 1.82) is 0 Å². The molecule has 3 atom stereocenters. The predicted molar refractivity (Wildman–Crippen MR) is 101 cm³/mol. The summed E-state index contributed by atoms with van der Waals surface area (Å²) in [6.45, 7) is 2.12. The molecular formula is C21H20O5S. The van der Waals surface area contributed by atoms with Crippen LogP contribution in [0, 0.1) is 6.92 Å². The Balaban J connectivity index is 1.65. The molecule has 4 rings (SSSR count). The Kier molecular flexibility index (Phi) is 4.61. The summed E-state index contributed by atoms with van der Waals surface area (Å²) in [5, 5.41) is 11.3. The average molecular weight is 384 g/mol. The highest BCUT2D eigenvalue weighted by molar-refractivity contribution is 7.85. The van der Waals surface area contributed by atoms with Gasteiger partial charge in [-0.1, -0.05) is 23.8 Å². The summed E-state index contributed by atoms with van der Waals surface area (Å²) in [5.41, 5.74) is 0.452. The largest absolute Gasteiger partial charge is 0.454 e. The van der Waals surface area contributed by atoms with Gasteiger partial charge in [-0.15, -0.1) is 0 Å². The molecular weight excluding hydrogens is 364 g/mol. The van der Waals surface area contributed by atoms with Crippen LogP contribution in [0.4, 0.5) is 0 Å². The van der Waals surface area contributed by atoms with Crippen molar-refractivity contribution < 1.29 is 23.6 Å². The Morgan fingerprint density at radius 3 is 2.67 bits per heavy atom. The molecule has 0 radical (unpaired) electrons. The van der Waals surface area contributed by atoms with E-state index in [1.165, 1.54) is 12.2 Å². The number of hydrogen-bond donors (Lipinski definition) is 1. The second-order valence-electron chi connectivity index (χ2n) is 6.96. The molecule has 6 heteroatoms. The number of allylic oxidation sites excluding steroid dienone is 1. The van der Waals surface area contributed by atoms with Gasteiger partial charge in [-0.05, 0) is 48.9 Å². The van der Waals surface area contributed by atoms with Crippen molar-refractivity contribution in [2.24, 2.45) is 0 Å². The fourth-order valence-corrected chi connectivity index (χ4v) is 4.79. The van der Waals surface area contributed by atoms with Crippen molar-refractivity contribution in [2.75, 3.05) is 12.5 Å². The summed E-state index contributed by atoms with van der Waals surface area (Å²) in [6, 6.07) is 12.8. The average Bonchev–Trinajstić information content (AvgIpc) is 3.12. The minimum atomic E-state index is -1.40. The molecule has 140 valence electrons. The van der Waals surface area contributed by atoms with Crippen LogP contribution >= 0.6 is 0 Å². The van der Waals surface area contributed by atoms with Crippen LogP contribution in [-0.2, 0) is 15.6 Å². The van der Waals surface area contributed by atoms with Gasteiger partial charge in [0.25, 0.3) is 0 Å². The van der Waals surface area contributed by atoms with Crippen molar-refractivity contribution in [3.63, 3.8) is 0 Å². The fourth-order valence-electron chi connectivity index (χ4n) is 3.47. The van der Waals surface area contributed by atoms with Crippen molar-refractivity contribution in [3.8, 4) is 11.5 Å². The van der Waals surface area contributed by atoms with Gasteiger partial charge >= 0.3 is 0 Å². The predicted octanol–water partition coefficient (Wildman–Crippen LogP) is 2.88. The van der Waals surface area contributed by atoms with Crippen LogP contribution < -0.4 is 9.47 Å². The van der Waals surface area contributed by atoms with E-state index in [0.717, 1.165) is 11.1 Å². The number of carbonyl (C=O) groups excluding carboxylic acids is 1. The summed E-state index contributed by atoms with van der Waals surface area (Å²) in [5.74, 6) is 0.681. The molecule has 0 bridgehead atoms. The van der Waals surface area contributed by atoms with Crippen LogP contribution in [0.5, 0.6) is 11.5 Å². The molecule has 0 fully saturated rings. The highest BCUT2D eigenvalue weighted by Gasteiger charge is 2.41. The maximum absolute atomic E-state index is 12.9. The van der Waals surface area contributed by atoms with Gasteiger partial charge in [0, 0.05) is 17.2 Å². The second-order valence-corrected chi connectivity index (χ2v) is 8.41. The van der Waals surface area contributed by atoms with E-state index >= 15 is 0 Å². The minimum Gasteiger partial charge on any atom is -0.454 e. The molecule has 1 aliphatic heterocycles. The van der Waals surface area contributed by atoms with E-state index in [0.29, 0.717) is 16.4 Å². The number of carbonyl (C=O) groups is 1. The Bertz CT molecular complexity index is 934. The van der Waals surface area contributed by atoms with E-state index in [1.807, 2.05) is 37.3 Å². The first-order valence-electron chi connectivity index (χ1n) is 8.74. The first kappa shape index (κ1) is 17.9. The van der Waals surface area contributed by atoms with Crippen LogP contribution in [0.1, 0.15) is 23.5 Å². The molecule has 0 amide bonds. The third kappa shape index (κ3) is 3.55. The van der Waals surface area contributed by atoms with Crippen molar-refractivity contribution in [1.82, 2.24) is 0 Å². The highest BCUT2D eigenvalue weighted by Crippen LogP contribution is 2.41. The van der Waals surface area contributed by atoms with Crippen molar-refractivity contribution in [3.05, 3.63) is 65.7 Å². The Hall–Kier alpha value is -2.44. The molecule has 5 nitrogen and oxygen atoms in total. The van der Waals surface area contributed by atoms with E-state index < -0.39 is 22.3 Å². The normalized spacial score (nSPS) is 24.8. The SMILES string of the molecule is Cc1ccc([S@](=O)C[C@@]2(O)C=CC(=O)C[C@@H]2c2ccc3c(c2)OCO3)cc1. The lowest BCUT2D eigenvalue weighted by Gasteiger charge is -2.36. The Labute approximate surface area is 160 Å². The molecule has 1 aliphatic carbocycles. The van der Waals surface area contributed by atoms with Crippen LogP contribution in [0.3, 0.4) is 0 Å². The summed E-state index contributed by atoms with van der Waals surface area (Å²) in [7, 11) is -1.40. The quantitative estimate of drug-likeness (QED) is 0.878. The molecule has 2 aromatic carbocycles. The third-order valence-corrected chi connectivity index (χ3v) is 6.53. The van der Waals surface area contributed by atoms with E-state index in [1.54, 1.807) is 12.1 Å². The van der Waals surface area contributed by atoms with Gasteiger partial charge in [-0.25, -0.2) is 0 Å². The Morgan fingerprint density at radius 2 is 1.89 bits per heavy atom. The number of fused-ring (bicyclic) bond motifs is 1. The molecule has 27 heavy (non-hydrogen) atoms. The van der Waals surface area contributed by atoms with Gasteiger partial charge in [0.1, 0.15) is 5.60 Å². The molecule has 1 heterocycles. The first-order valence-corrected chi connectivity index (χ1v) is 10.1. The maximum Gasteiger partial charge on any atom is 0.231 e. The number of aliphatic hydroxyl groups is 1. The zero-order chi connectivity index (χ0) is 19.0. The van der Waals surface area contributed by atoms with Crippen LogP contribution in [0.15, 0.2) is 59.5 Å². The van der Waals surface area contributed by atoms with E-state index in [9.17, 15) is 14.1 Å². The molecule has 0 unspecified atom stereocenters. The van der Waals surface area contributed by atoms with E-state index in [-0.39, 0.29) is 24.7 Å². The van der Waals surface area contributed by atoms with E-state index in [4.69, 9.17) is 9.47 Å². The molecule has 0 aromatic heterocycles. The zero-order valence-corrected chi connectivity index (χ0v) is 15.7. The number of aryl methyl sites for hydroxylation is 1. The lowest BCUT2D eigenvalue weighted by Crippen LogP contribution is -2.43. The highest BCUT2D eigenvalue weighted by atomic mass is 32.2. The number of hydrogen-bond acceptors (Lipinski definition) is 5. The standard InChI is InChI=1S/C21H20O5S/c1-14-2-5-17(6-3-14)27(24)12-21(23)9-8-16(22)11-18(21)15-4-7-19-20(10-15)26-13-25-19/h2-10,18,23H,11-13H2,1H3/t18-,21+,27-/m1/s1. The number of benzene rings is 2. The molecule has 2 aromatic rings. The van der Waals surface area contributed by atoms with Gasteiger partial charge in [-0.2, -0.15) is 0 Å². The molecule has 0 spiro atoms. The van der Waals surface area contributed by atoms with Gasteiger partial charge < -0.3 is 14.6 Å². The van der Waals surface area contributed by atoms with Gasteiger partial charge in [0.2, 0.25) is 6.79 Å². The summed E-state index contributed by atoms with van der Waals surface area (Å²) >= 11 is 0. The van der Waals surface area contributed by atoms with Gasteiger partial charge in [0.15, 0.2) is 17.3 Å². The molecule has 0 saturated carbocycles. The van der Waals surface area contributed by atoms with Crippen LogP contribution in [0.2, 0.25) is 0 Å². The third-order valence-electron chi connectivity index (χ3n) is 5.01. The summed E-state index contributed by atoms with van der Waals surface area (Å²) < 4.78 is 23.6. The van der Waals surface area contributed by atoms with E-state index in [2.05, 4.69) is 0 Å². The molecule has 1 N–H and O–H groups in total. The molecule has 0 saturated heterocycles. The van der Waals surface area contributed by atoms with Crippen LogP contribution in [0.25, 0.3) is 0 Å². The Morgan fingerprint density at radius 1 is 1.15 bits per heavy atom. The maximum atomic E-state index is 12.9. The van der Waals surface area contributed by atoms with Crippen LogP contribution in [-0.4, -0.2) is 33.2 Å². The van der Waals surface area contributed by atoms with Crippen molar-refractivity contribution in [2.45, 2.75) is 29.8 Å².